The maximum Gasteiger partial charge on any atom is 0.228 e. The van der Waals surface area contributed by atoms with Gasteiger partial charge in [0.2, 0.25) is 5.91 Å². The van der Waals surface area contributed by atoms with E-state index in [4.69, 9.17) is 0 Å². The van der Waals surface area contributed by atoms with Gasteiger partial charge >= 0.3 is 0 Å². The standard InChI is InChI=1S/C12H23N2O/c1-10(15)13-8-14(9-13)6-11(7-14)5-12(2,3)4/h11H,5-9H2,1-4H3/q+1. The lowest BCUT2D eigenvalue weighted by molar-refractivity contribution is -1.03. The monoisotopic (exact) mass is 211 g/mol. The van der Waals surface area contributed by atoms with Gasteiger partial charge in [-0.1, -0.05) is 20.8 Å². The maximum absolute atomic E-state index is 11.1. The number of carbonyl (C=O) groups is 1. The van der Waals surface area contributed by atoms with Crippen molar-refractivity contribution in [3.8, 4) is 0 Å². The van der Waals surface area contributed by atoms with Crippen LogP contribution in [0.15, 0.2) is 0 Å². The fourth-order valence-electron chi connectivity index (χ4n) is 3.15. The topological polar surface area (TPSA) is 20.3 Å². The van der Waals surface area contributed by atoms with Gasteiger partial charge in [-0.3, -0.25) is 9.28 Å². The molecule has 0 radical (unpaired) electrons. The van der Waals surface area contributed by atoms with Gasteiger partial charge < -0.3 is 0 Å². The summed E-state index contributed by atoms with van der Waals surface area (Å²) >= 11 is 0. The van der Waals surface area contributed by atoms with E-state index >= 15 is 0 Å². The largest absolute Gasteiger partial charge is 0.288 e. The number of rotatable bonds is 1. The molecule has 2 aliphatic rings. The van der Waals surface area contributed by atoms with Gasteiger partial charge in [-0.15, -0.1) is 0 Å². The molecule has 0 aliphatic carbocycles. The summed E-state index contributed by atoms with van der Waals surface area (Å²) in [5.74, 6) is 1.12. The first-order chi connectivity index (χ1) is 6.80. The van der Waals surface area contributed by atoms with Crippen LogP contribution in [0.3, 0.4) is 0 Å². The van der Waals surface area contributed by atoms with Crippen molar-refractivity contribution in [3.05, 3.63) is 0 Å². The highest BCUT2D eigenvalue weighted by atomic mass is 16.2. The number of hydrogen-bond donors (Lipinski definition) is 0. The van der Waals surface area contributed by atoms with E-state index in [1.54, 1.807) is 6.92 Å². The molecule has 0 atom stereocenters. The van der Waals surface area contributed by atoms with Crippen LogP contribution in [0.5, 0.6) is 0 Å². The molecule has 0 aromatic carbocycles. The number of carbonyl (C=O) groups excluding carboxylic acids is 1. The third-order valence-electron chi connectivity index (χ3n) is 3.58. The first-order valence-electron chi connectivity index (χ1n) is 5.90. The summed E-state index contributed by atoms with van der Waals surface area (Å²) in [7, 11) is 0. The summed E-state index contributed by atoms with van der Waals surface area (Å²) in [4.78, 5) is 13.0. The Morgan fingerprint density at radius 3 is 2.27 bits per heavy atom. The second-order valence-corrected chi connectivity index (χ2v) is 6.68. The molecule has 0 saturated carbocycles. The molecule has 3 heteroatoms. The highest BCUT2D eigenvalue weighted by Gasteiger charge is 2.53. The molecule has 1 amide bonds. The quantitative estimate of drug-likeness (QED) is 0.604. The molecule has 3 nitrogen and oxygen atoms in total. The molecular weight excluding hydrogens is 188 g/mol. The Bertz CT molecular complexity index is 266. The van der Waals surface area contributed by atoms with E-state index in [0.29, 0.717) is 5.41 Å². The average Bonchev–Trinajstić information content (AvgIpc) is 1.87. The molecule has 2 aliphatic heterocycles. The van der Waals surface area contributed by atoms with Crippen LogP contribution in [0.2, 0.25) is 0 Å². The van der Waals surface area contributed by atoms with Gasteiger partial charge in [0.15, 0.2) is 13.3 Å². The molecule has 0 bridgehead atoms. The lowest BCUT2D eigenvalue weighted by Crippen LogP contribution is -2.78. The maximum atomic E-state index is 11.1. The van der Waals surface area contributed by atoms with Gasteiger partial charge in [0.05, 0.1) is 19.0 Å². The molecule has 0 aromatic heterocycles. The zero-order chi connectivity index (χ0) is 11.3. The van der Waals surface area contributed by atoms with Crippen molar-refractivity contribution < 1.29 is 9.28 Å². The molecule has 0 N–H and O–H groups in total. The van der Waals surface area contributed by atoms with E-state index in [1.165, 1.54) is 24.0 Å². The normalized spacial score (nSPS) is 24.9. The Kier molecular flexibility index (Phi) is 2.34. The predicted molar refractivity (Wildman–Crippen MR) is 59.8 cm³/mol. The minimum absolute atomic E-state index is 0.234. The molecule has 2 saturated heterocycles. The molecule has 2 fully saturated rings. The van der Waals surface area contributed by atoms with E-state index in [9.17, 15) is 4.79 Å². The summed E-state index contributed by atoms with van der Waals surface area (Å²) in [5, 5.41) is 0. The van der Waals surface area contributed by atoms with Gasteiger partial charge in [-0.05, 0) is 11.8 Å². The lowest BCUT2D eigenvalue weighted by Gasteiger charge is -2.60. The van der Waals surface area contributed by atoms with Gasteiger partial charge in [-0.25, -0.2) is 4.90 Å². The Morgan fingerprint density at radius 2 is 1.87 bits per heavy atom. The van der Waals surface area contributed by atoms with Crippen molar-refractivity contribution in [1.82, 2.24) is 4.90 Å². The molecule has 15 heavy (non-hydrogen) atoms. The first kappa shape index (κ1) is 10.9. The third kappa shape index (κ3) is 2.17. The minimum Gasteiger partial charge on any atom is -0.288 e. The first-order valence-corrected chi connectivity index (χ1v) is 5.90. The molecule has 86 valence electrons. The van der Waals surface area contributed by atoms with E-state index in [1.807, 2.05) is 4.90 Å². The van der Waals surface area contributed by atoms with Gasteiger partial charge in [0.1, 0.15) is 0 Å². The van der Waals surface area contributed by atoms with Crippen molar-refractivity contribution in [2.45, 2.75) is 34.1 Å². The van der Waals surface area contributed by atoms with Crippen LogP contribution < -0.4 is 0 Å². The van der Waals surface area contributed by atoms with Gasteiger partial charge in [0, 0.05) is 6.92 Å². The molecular formula is C12H23N2O+. The van der Waals surface area contributed by atoms with Gasteiger partial charge in [-0.2, -0.15) is 0 Å². The number of hydrogen-bond acceptors (Lipinski definition) is 1. The third-order valence-corrected chi connectivity index (χ3v) is 3.58. The van der Waals surface area contributed by atoms with Crippen molar-refractivity contribution in [2.75, 3.05) is 26.4 Å². The summed E-state index contributed by atoms with van der Waals surface area (Å²) in [6.07, 6.45) is 1.33. The van der Waals surface area contributed by atoms with E-state index in [0.717, 1.165) is 19.3 Å². The van der Waals surface area contributed by atoms with Crippen LogP contribution in [0.25, 0.3) is 0 Å². The summed E-state index contributed by atoms with van der Waals surface area (Å²) in [6, 6.07) is 0. The molecule has 0 unspecified atom stereocenters. The van der Waals surface area contributed by atoms with E-state index in [2.05, 4.69) is 20.8 Å². The molecule has 0 aromatic rings. The average molecular weight is 211 g/mol. The fourth-order valence-corrected chi connectivity index (χ4v) is 3.15. The Morgan fingerprint density at radius 1 is 1.33 bits per heavy atom. The molecule has 2 heterocycles. The van der Waals surface area contributed by atoms with Crippen LogP contribution in [0.1, 0.15) is 34.1 Å². The zero-order valence-corrected chi connectivity index (χ0v) is 10.4. The number of amides is 1. The number of quaternary nitrogens is 1. The second kappa shape index (κ2) is 3.21. The van der Waals surface area contributed by atoms with Crippen LogP contribution in [-0.2, 0) is 4.79 Å². The molecule has 1 spiro atoms. The van der Waals surface area contributed by atoms with Crippen LogP contribution >= 0.6 is 0 Å². The van der Waals surface area contributed by atoms with E-state index in [-0.39, 0.29) is 5.91 Å². The lowest BCUT2D eigenvalue weighted by atomic mass is 9.79. The summed E-state index contributed by atoms with van der Waals surface area (Å²) < 4.78 is 1.18. The SMILES string of the molecule is CC(=O)N1C[N+]2(CC(CC(C)(C)C)C2)C1. The van der Waals surface area contributed by atoms with Gasteiger partial charge in [0.25, 0.3) is 0 Å². The smallest absolute Gasteiger partial charge is 0.228 e. The highest BCUT2D eigenvalue weighted by Crippen LogP contribution is 2.38. The van der Waals surface area contributed by atoms with Crippen molar-refractivity contribution in [1.29, 1.82) is 0 Å². The second-order valence-electron chi connectivity index (χ2n) is 6.68. The van der Waals surface area contributed by atoms with Crippen molar-refractivity contribution in [2.24, 2.45) is 11.3 Å². The molecule has 2 rings (SSSR count). The Hall–Kier alpha value is -0.570. The summed E-state index contributed by atoms with van der Waals surface area (Å²) in [6.45, 7) is 13.1. The fraction of sp³-hybridized carbons (Fsp3) is 0.917. The Labute approximate surface area is 92.6 Å². The summed E-state index contributed by atoms with van der Waals surface area (Å²) in [5.41, 5.74) is 0.459. The van der Waals surface area contributed by atoms with Crippen molar-refractivity contribution >= 4 is 5.91 Å². The predicted octanol–water partition coefficient (Wildman–Crippen LogP) is 1.65. The van der Waals surface area contributed by atoms with E-state index < -0.39 is 0 Å². The zero-order valence-electron chi connectivity index (χ0n) is 10.4. The van der Waals surface area contributed by atoms with Crippen LogP contribution in [0, 0.1) is 11.3 Å². The Balaban J connectivity index is 1.74. The highest BCUT2D eigenvalue weighted by molar-refractivity contribution is 5.73. The number of nitrogens with zero attached hydrogens (tertiary/aromatic N) is 2. The van der Waals surface area contributed by atoms with Crippen LogP contribution in [0.4, 0.5) is 0 Å². The van der Waals surface area contributed by atoms with Crippen LogP contribution in [-0.4, -0.2) is 41.7 Å². The minimum atomic E-state index is 0.234. The van der Waals surface area contributed by atoms with Crippen molar-refractivity contribution in [3.63, 3.8) is 0 Å².